The van der Waals surface area contributed by atoms with Crippen LogP contribution in [0, 0.1) is 5.82 Å². The van der Waals surface area contributed by atoms with Crippen LogP contribution < -0.4 is 11.1 Å². The van der Waals surface area contributed by atoms with Crippen molar-refractivity contribution >= 4 is 5.69 Å². The first-order valence-corrected chi connectivity index (χ1v) is 7.07. The summed E-state index contributed by atoms with van der Waals surface area (Å²) < 4.78 is 15.0. The zero-order chi connectivity index (χ0) is 13.9. The van der Waals surface area contributed by atoms with Crippen LogP contribution in [0.25, 0.3) is 5.69 Å². The van der Waals surface area contributed by atoms with E-state index in [0.29, 0.717) is 12.5 Å². The van der Waals surface area contributed by atoms with E-state index < -0.39 is 0 Å². The van der Waals surface area contributed by atoms with E-state index in [1.165, 1.54) is 37.1 Å². The van der Waals surface area contributed by atoms with Crippen LogP contribution >= 0.6 is 0 Å². The molecule has 2 aromatic rings. The SMILES string of the molecule is NCCNc1cnn(-c2ccc(F)cc2)c1C1CCC1. The zero-order valence-electron chi connectivity index (χ0n) is 11.3. The largest absolute Gasteiger partial charge is 0.381 e. The number of nitrogens with zero attached hydrogens (tertiary/aromatic N) is 2. The maximum Gasteiger partial charge on any atom is 0.123 e. The van der Waals surface area contributed by atoms with Crippen molar-refractivity contribution in [1.82, 2.24) is 9.78 Å². The van der Waals surface area contributed by atoms with Crippen molar-refractivity contribution in [3.05, 3.63) is 42.0 Å². The molecule has 1 aliphatic rings. The fourth-order valence-electron chi connectivity index (χ4n) is 2.56. The van der Waals surface area contributed by atoms with Crippen LogP contribution in [0.1, 0.15) is 30.9 Å². The number of halogens is 1. The van der Waals surface area contributed by atoms with Gasteiger partial charge in [-0.15, -0.1) is 0 Å². The van der Waals surface area contributed by atoms with Crippen molar-refractivity contribution in [2.75, 3.05) is 18.4 Å². The van der Waals surface area contributed by atoms with Crippen LogP contribution in [-0.2, 0) is 0 Å². The molecular weight excluding hydrogens is 255 g/mol. The van der Waals surface area contributed by atoms with Crippen LogP contribution in [0.15, 0.2) is 30.5 Å². The molecule has 3 rings (SSSR count). The van der Waals surface area contributed by atoms with E-state index in [2.05, 4.69) is 10.4 Å². The smallest absolute Gasteiger partial charge is 0.123 e. The summed E-state index contributed by atoms with van der Waals surface area (Å²) in [6.45, 7) is 1.32. The van der Waals surface area contributed by atoms with Crippen molar-refractivity contribution < 1.29 is 4.39 Å². The molecule has 0 unspecified atom stereocenters. The summed E-state index contributed by atoms with van der Waals surface area (Å²) in [5.74, 6) is 0.301. The van der Waals surface area contributed by atoms with Gasteiger partial charge in [0, 0.05) is 19.0 Å². The summed E-state index contributed by atoms with van der Waals surface area (Å²) >= 11 is 0. The zero-order valence-corrected chi connectivity index (χ0v) is 11.3. The Kier molecular flexibility index (Phi) is 3.69. The Balaban J connectivity index is 1.97. The van der Waals surface area contributed by atoms with Crippen LogP contribution in [0.5, 0.6) is 0 Å². The minimum atomic E-state index is -0.229. The van der Waals surface area contributed by atoms with E-state index in [1.807, 2.05) is 10.9 Å². The third-order valence-electron chi connectivity index (χ3n) is 3.83. The first-order valence-electron chi connectivity index (χ1n) is 7.07. The Morgan fingerprint density at radius 1 is 1.30 bits per heavy atom. The van der Waals surface area contributed by atoms with Gasteiger partial charge in [-0.05, 0) is 37.1 Å². The molecule has 1 aliphatic carbocycles. The highest BCUT2D eigenvalue weighted by Crippen LogP contribution is 2.40. The predicted molar refractivity (Wildman–Crippen MR) is 77.7 cm³/mol. The van der Waals surface area contributed by atoms with Crippen LogP contribution in [-0.4, -0.2) is 22.9 Å². The molecule has 20 heavy (non-hydrogen) atoms. The lowest BCUT2D eigenvalue weighted by Crippen LogP contribution is -2.18. The van der Waals surface area contributed by atoms with Gasteiger partial charge in [-0.3, -0.25) is 0 Å². The molecule has 0 radical (unpaired) electrons. The number of anilines is 1. The molecule has 0 amide bonds. The maximum absolute atomic E-state index is 13.1. The summed E-state index contributed by atoms with van der Waals surface area (Å²) in [5, 5.41) is 7.79. The third kappa shape index (κ3) is 2.41. The lowest BCUT2D eigenvalue weighted by atomic mass is 9.82. The van der Waals surface area contributed by atoms with E-state index in [4.69, 9.17) is 5.73 Å². The number of rotatable bonds is 5. The number of nitrogens with two attached hydrogens (primary N) is 1. The third-order valence-corrected chi connectivity index (χ3v) is 3.83. The molecule has 1 heterocycles. The number of benzene rings is 1. The standard InChI is InChI=1S/C15H19FN4/c16-12-4-6-13(7-5-12)20-15(11-2-1-3-11)14(10-19-20)18-9-8-17/h4-7,10-11,18H,1-3,8-9,17H2. The molecule has 0 aliphatic heterocycles. The molecule has 1 saturated carbocycles. The van der Waals surface area contributed by atoms with Crippen LogP contribution in [0.3, 0.4) is 0 Å². The highest BCUT2D eigenvalue weighted by atomic mass is 19.1. The topological polar surface area (TPSA) is 55.9 Å². The Morgan fingerprint density at radius 2 is 2.05 bits per heavy atom. The lowest BCUT2D eigenvalue weighted by molar-refractivity contribution is 0.404. The van der Waals surface area contributed by atoms with Crippen molar-refractivity contribution in [3.63, 3.8) is 0 Å². The van der Waals surface area contributed by atoms with E-state index >= 15 is 0 Å². The highest BCUT2D eigenvalue weighted by molar-refractivity contribution is 5.52. The Morgan fingerprint density at radius 3 is 2.65 bits per heavy atom. The second-order valence-corrected chi connectivity index (χ2v) is 5.17. The molecule has 0 saturated heterocycles. The summed E-state index contributed by atoms with van der Waals surface area (Å²) in [6, 6.07) is 6.46. The molecule has 1 aromatic heterocycles. The fraction of sp³-hybridized carbons (Fsp3) is 0.400. The van der Waals surface area contributed by atoms with Gasteiger partial charge in [0.05, 0.1) is 23.3 Å². The number of hydrogen-bond donors (Lipinski definition) is 2. The second kappa shape index (κ2) is 5.63. The molecule has 3 N–H and O–H groups in total. The van der Waals surface area contributed by atoms with Gasteiger partial charge in [-0.25, -0.2) is 9.07 Å². The molecule has 0 spiro atoms. The van der Waals surface area contributed by atoms with Crippen molar-refractivity contribution in [3.8, 4) is 5.69 Å². The minimum absolute atomic E-state index is 0.229. The Labute approximate surface area is 117 Å². The van der Waals surface area contributed by atoms with Crippen molar-refractivity contribution in [2.24, 2.45) is 5.73 Å². The fourth-order valence-corrected chi connectivity index (χ4v) is 2.56. The van der Waals surface area contributed by atoms with E-state index in [0.717, 1.165) is 17.9 Å². The van der Waals surface area contributed by atoms with Gasteiger partial charge in [0.25, 0.3) is 0 Å². The van der Waals surface area contributed by atoms with Crippen LogP contribution in [0.2, 0.25) is 0 Å². The molecule has 1 aromatic carbocycles. The van der Waals surface area contributed by atoms with Gasteiger partial charge in [-0.2, -0.15) is 5.10 Å². The predicted octanol–water partition coefficient (Wildman–Crippen LogP) is 2.65. The van der Waals surface area contributed by atoms with Gasteiger partial charge in [-0.1, -0.05) is 6.42 Å². The molecule has 4 nitrogen and oxygen atoms in total. The van der Waals surface area contributed by atoms with E-state index in [9.17, 15) is 4.39 Å². The lowest BCUT2D eigenvalue weighted by Gasteiger charge is -2.27. The average molecular weight is 274 g/mol. The van der Waals surface area contributed by atoms with Crippen molar-refractivity contribution in [1.29, 1.82) is 0 Å². The van der Waals surface area contributed by atoms with Gasteiger partial charge in [0.15, 0.2) is 0 Å². The Hall–Kier alpha value is -1.88. The summed E-state index contributed by atoms with van der Waals surface area (Å²) in [7, 11) is 0. The average Bonchev–Trinajstić information content (AvgIpc) is 2.79. The molecule has 0 atom stereocenters. The van der Waals surface area contributed by atoms with Crippen LogP contribution in [0.4, 0.5) is 10.1 Å². The molecule has 5 heteroatoms. The van der Waals surface area contributed by atoms with Gasteiger partial charge in [0.1, 0.15) is 5.82 Å². The number of aromatic nitrogens is 2. The monoisotopic (exact) mass is 274 g/mol. The van der Waals surface area contributed by atoms with Crippen molar-refractivity contribution in [2.45, 2.75) is 25.2 Å². The van der Waals surface area contributed by atoms with E-state index in [-0.39, 0.29) is 5.82 Å². The molecule has 106 valence electrons. The highest BCUT2D eigenvalue weighted by Gasteiger charge is 2.27. The Bertz CT molecular complexity index is 572. The first kappa shape index (κ1) is 13.1. The molecule has 1 fully saturated rings. The minimum Gasteiger partial charge on any atom is -0.381 e. The molecular formula is C15H19FN4. The summed E-state index contributed by atoms with van der Waals surface area (Å²) in [4.78, 5) is 0. The van der Waals surface area contributed by atoms with Gasteiger partial charge >= 0.3 is 0 Å². The molecule has 0 bridgehead atoms. The van der Waals surface area contributed by atoms with Gasteiger partial charge in [0.2, 0.25) is 0 Å². The summed E-state index contributed by atoms with van der Waals surface area (Å²) in [6.07, 6.45) is 5.47. The summed E-state index contributed by atoms with van der Waals surface area (Å²) in [5.41, 5.74) is 8.69. The quantitative estimate of drug-likeness (QED) is 0.881. The number of nitrogens with one attached hydrogen (secondary N) is 1. The first-order chi connectivity index (χ1) is 9.79. The van der Waals surface area contributed by atoms with E-state index in [1.54, 1.807) is 12.1 Å². The van der Waals surface area contributed by atoms with Gasteiger partial charge < -0.3 is 11.1 Å². The normalized spacial score (nSPS) is 15.1. The second-order valence-electron chi connectivity index (χ2n) is 5.17. The maximum atomic E-state index is 13.1. The number of hydrogen-bond acceptors (Lipinski definition) is 3.